The van der Waals surface area contributed by atoms with Gasteiger partial charge in [-0.2, -0.15) is 4.98 Å². The van der Waals surface area contributed by atoms with Crippen molar-refractivity contribution in [2.45, 2.75) is 12.8 Å². The monoisotopic (exact) mass is 246 g/mol. The molecule has 2 rings (SSSR count). The van der Waals surface area contributed by atoms with Crippen LogP contribution in [-0.2, 0) is 17.6 Å². The second-order valence-corrected chi connectivity index (χ2v) is 3.81. The molecule has 0 aliphatic heterocycles. The summed E-state index contributed by atoms with van der Waals surface area (Å²) < 4.78 is 9.93. The number of carbonyl (C=O) groups is 1. The second-order valence-electron chi connectivity index (χ2n) is 3.81. The minimum absolute atomic E-state index is 0.0301. The Morgan fingerprint density at radius 2 is 2.11 bits per heavy atom. The van der Waals surface area contributed by atoms with Crippen LogP contribution in [0.5, 0.6) is 0 Å². The lowest BCUT2D eigenvalue weighted by atomic mass is 10.1. The van der Waals surface area contributed by atoms with Gasteiger partial charge < -0.3 is 9.26 Å². The largest absolute Gasteiger partial charge is 0.384 e. The fourth-order valence-electron chi connectivity index (χ4n) is 1.52. The molecule has 0 amide bonds. The van der Waals surface area contributed by atoms with Crippen molar-refractivity contribution in [3.63, 3.8) is 0 Å². The molecule has 0 saturated heterocycles. The summed E-state index contributed by atoms with van der Waals surface area (Å²) in [6.45, 7) is 0.533. The van der Waals surface area contributed by atoms with Gasteiger partial charge in [-0.1, -0.05) is 35.5 Å². The highest BCUT2D eigenvalue weighted by atomic mass is 16.5. The molecule has 0 unspecified atom stereocenters. The maximum absolute atomic E-state index is 11.9. The van der Waals surface area contributed by atoms with Crippen molar-refractivity contribution in [1.29, 1.82) is 0 Å². The third-order valence-corrected chi connectivity index (χ3v) is 2.45. The highest BCUT2D eigenvalue weighted by molar-refractivity contribution is 5.96. The van der Waals surface area contributed by atoms with Crippen LogP contribution in [0.1, 0.15) is 22.1 Å². The molecule has 18 heavy (non-hydrogen) atoms. The molecule has 1 aromatic carbocycles. The topological polar surface area (TPSA) is 65.2 Å². The normalized spacial score (nSPS) is 10.5. The Hall–Kier alpha value is -2.01. The second kappa shape index (κ2) is 6.07. The van der Waals surface area contributed by atoms with Crippen LogP contribution < -0.4 is 0 Å². The summed E-state index contributed by atoms with van der Waals surface area (Å²) in [6, 6.07) is 9.05. The van der Waals surface area contributed by atoms with E-state index in [1.807, 2.05) is 18.2 Å². The summed E-state index contributed by atoms with van der Waals surface area (Å²) in [5, 5.41) is 3.78. The van der Waals surface area contributed by atoms with E-state index in [0.717, 1.165) is 0 Å². The van der Waals surface area contributed by atoms with Gasteiger partial charge in [0.05, 0.1) is 13.0 Å². The van der Waals surface area contributed by atoms with Gasteiger partial charge >= 0.3 is 0 Å². The molecular formula is C13H14N2O3. The van der Waals surface area contributed by atoms with Gasteiger partial charge in [-0.15, -0.1) is 0 Å². The van der Waals surface area contributed by atoms with Gasteiger partial charge in [-0.05, 0) is 0 Å². The number of methoxy groups -OCH3 is 1. The Kier molecular flexibility index (Phi) is 4.20. The fraction of sp³-hybridized carbons (Fsp3) is 0.308. The molecule has 1 heterocycles. The molecule has 1 aromatic heterocycles. The smallest absolute Gasteiger partial charge is 0.234 e. The fourth-order valence-corrected chi connectivity index (χ4v) is 1.52. The first-order valence-corrected chi connectivity index (χ1v) is 5.68. The third kappa shape index (κ3) is 3.24. The molecule has 0 aliphatic rings. The number of nitrogens with zero attached hydrogens (tertiary/aromatic N) is 2. The molecule has 5 nitrogen and oxygen atoms in total. The zero-order valence-electron chi connectivity index (χ0n) is 10.1. The van der Waals surface area contributed by atoms with Crippen LogP contribution in [-0.4, -0.2) is 29.6 Å². The van der Waals surface area contributed by atoms with E-state index < -0.39 is 0 Å². The number of hydrogen-bond donors (Lipinski definition) is 0. The minimum atomic E-state index is -0.0301. The predicted octanol–water partition coefficient (Wildman–Crippen LogP) is 1.68. The predicted molar refractivity (Wildman–Crippen MR) is 64.4 cm³/mol. The van der Waals surface area contributed by atoms with Gasteiger partial charge in [-0.25, -0.2) is 0 Å². The van der Waals surface area contributed by atoms with Crippen LogP contribution in [0, 0.1) is 0 Å². The van der Waals surface area contributed by atoms with Gasteiger partial charge in [0, 0.05) is 19.1 Å². The van der Waals surface area contributed by atoms with Crippen molar-refractivity contribution in [2.24, 2.45) is 0 Å². The highest BCUT2D eigenvalue weighted by Crippen LogP contribution is 2.06. The number of ketones is 1. The van der Waals surface area contributed by atoms with E-state index in [-0.39, 0.29) is 12.2 Å². The lowest BCUT2D eigenvalue weighted by Crippen LogP contribution is -2.04. The van der Waals surface area contributed by atoms with Crippen LogP contribution in [0.2, 0.25) is 0 Å². The lowest BCUT2D eigenvalue weighted by molar-refractivity contribution is 0.0983. The summed E-state index contributed by atoms with van der Waals surface area (Å²) in [7, 11) is 1.61. The molecule has 0 radical (unpaired) electrons. The number of rotatable bonds is 6. The molecule has 0 spiro atoms. The van der Waals surface area contributed by atoms with Crippen LogP contribution in [0.4, 0.5) is 0 Å². The van der Waals surface area contributed by atoms with Crippen molar-refractivity contribution >= 4 is 5.78 Å². The van der Waals surface area contributed by atoms with E-state index >= 15 is 0 Å². The number of benzene rings is 1. The van der Waals surface area contributed by atoms with Crippen LogP contribution in [0.15, 0.2) is 34.9 Å². The average molecular weight is 246 g/mol. The maximum Gasteiger partial charge on any atom is 0.234 e. The molecular weight excluding hydrogens is 232 g/mol. The summed E-state index contributed by atoms with van der Waals surface area (Å²) >= 11 is 0. The van der Waals surface area contributed by atoms with Crippen molar-refractivity contribution in [1.82, 2.24) is 10.1 Å². The first-order chi connectivity index (χ1) is 8.79. The van der Waals surface area contributed by atoms with Gasteiger partial charge in [0.2, 0.25) is 5.89 Å². The molecule has 2 aromatic rings. The third-order valence-electron chi connectivity index (χ3n) is 2.45. The molecule has 5 heteroatoms. The van der Waals surface area contributed by atoms with Crippen molar-refractivity contribution in [3.05, 3.63) is 47.6 Å². The number of Topliss-reactive ketones (excluding diaryl/α,β-unsaturated/α-hetero) is 1. The van der Waals surface area contributed by atoms with E-state index in [2.05, 4.69) is 10.1 Å². The standard InChI is InChI=1S/C13H14N2O3/c1-17-8-7-12-14-13(18-15-12)9-11(16)10-5-3-2-4-6-10/h2-6H,7-9H2,1H3. The Bertz CT molecular complexity index is 508. The zero-order valence-corrected chi connectivity index (χ0v) is 10.1. The van der Waals surface area contributed by atoms with E-state index in [1.54, 1.807) is 19.2 Å². The van der Waals surface area contributed by atoms with Crippen molar-refractivity contribution < 1.29 is 14.1 Å². The first-order valence-electron chi connectivity index (χ1n) is 5.68. The number of carbonyl (C=O) groups excluding carboxylic acids is 1. The van der Waals surface area contributed by atoms with Crippen molar-refractivity contribution in [2.75, 3.05) is 13.7 Å². The quantitative estimate of drug-likeness (QED) is 0.725. The molecule has 0 aliphatic carbocycles. The number of hydrogen-bond acceptors (Lipinski definition) is 5. The van der Waals surface area contributed by atoms with E-state index in [1.165, 1.54) is 0 Å². The van der Waals surface area contributed by atoms with Gasteiger partial charge in [0.25, 0.3) is 0 Å². The maximum atomic E-state index is 11.9. The Labute approximate surface area is 105 Å². The number of ether oxygens (including phenoxy) is 1. The first kappa shape index (κ1) is 12.4. The zero-order chi connectivity index (χ0) is 12.8. The van der Waals surface area contributed by atoms with Gasteiger partial charge in [0.15, 0.2) is 11.6 Å². The van der Waals surface area contributed by atoms with E-state index in [4.69, 9.17) is 9.26 Å². The molecule has 0 bridgehead atoms. The summed E-state index contributed by atoms with van der Waals surface area (Å²) in [5.41, 5.74) is 0.647. The summed E-state index contributed by atoms with van der Waals surface area (Å²) in [6.07, 6.45) is 0.712. The SMILES string of the molecule is COCCc1noc(CC(=O)c2ccccc2)n1. The molecule has 94 valence electrons. The van der Waals surface area contributed by atoms with Gasteiger partial charge in [0.1, 0.15) is 0 Å². The minimum Gasteiger partial charge on any atom is -0.384 e. The van der Waals surface area contributed by atoms with Crippen LogP contribution in [0.3, 0.4) is 0 Å². The lowest BCUT2D eigenvalue weighted by Gasteiger charge is -1.96. The Morgan fingerprint density at radius 3 is 2.83 bits per heavy atom. The Balaban J connectivity index is 1.97. The van der Waals surface area contributed by atoms with Gasteiger partial charge in [-0.3, -0.25) is 4.79 Å². The Morgan fingerprint density at radius 1 is 1.33 bits per heavy atom. The summed E-state index contributed by atoms with van der Waals surface area (Å²) in [5.74, 6) is 0.875. The molecule has 0 fully saturated rings. The number of aromatic nitrogens is 2. The molecule has 0 atom stereocenters. The highest BCUT2D eigenvalue weighted by Gasteiger charge is 2.12. The van der Waals surface area contributed by atoms with Crippen LogP contribution in [0.25, 0.3) is 0 Å². The average Bonchev–Trinajstić information content (AvgIpc) is 2.85. The van der Waals surface area contributed by atoms with Crippen molar-refractivity contribution in [3.8, 4) is 0 Å². The molecule has 0 N–H and O–H groups in total. The van der Waals surface area contributed by atoms with E-state index in [0.29, 0.717) is 30.3 Å². The van der Waals surface area contributed by atoms with E-state index in [9.17, 15) is 4.79 Å². The molecule has 0 saturated carbocycles. The summed E-state index contributed by atoms with van der Waals surface area (Å²) in [4.78, 5) is 16.0. The van der Waals surface area contributed by atoms with Crippen LogP contribution >= 0.6 is 0 Å².